The number of hydrogen-bond donors (Lipinski definition) is 3. The molecule has 0 spiro atoms. The largest absolute Gasteiger partial charge is 0.480 e. The van der Waals surface area contributed by atoms with Gasteiger partial charge in [-0.2, -0.15) is 0 Å². The van der Waals surface area contributed by atoms with Crippen LogP contribution in [0, 0.1) is 16.0 Å². The molecule has 0 saturated heterocycles. The van der Waals surface area contributed by atoms with Crippen LogP contribution in [0.2, 0.25) is 0 Å². The summed E-state index contributed by atoms with van der Waals surface area (Å²) in [6.45, 7) is 3.84. The van der Waals surface area contributed by atoms with E-state index in [1.165, 1.54) is 24.3 Å². The van der Waals surface area contributed by atoms with Crippen LogP contribution in [0.15, 0.2) is 72.8 Å². The van der Waals surface area contributed by atoms with Crippen LogP contribution in [0.3, 0.4) is 0 Å². The van der Waals surface area contributed by atoms with Crippen molar-refractivity contribution in [3.05, 3.63) is 99.6 Å². The third kappa shape index (κ3) is 6.63. The summed E-state index contributed by atoms with van der Waals surface area (Å²) in [7, 11) is 0. The number of amides is 2. The highest BCUT2D eigenvalue weighted by Gasteiger charge is 2.31. The molecule has 3 aromatic carbocycles. The number of nitrogens with one attached hydrogen (secondary N) is 2. The molecule has 0 aliphatic heterocycles. The molecule has 10 nitrogen and oxygen atoms in total. The van der Waals surface area contributed by atoms with Gasteiger partial charge in [0.05, 0.1) is 4.92 Å². The second-order valence-corrected chi connectivity index (χ2v) is 10.2. The van der Waals surface area contributed by atoms with E-state index in [0.29, 0.717) is 5.56 Å². The van der Waals surface area contributed by atoms with E-state index in [-0.39, 0.29) is 37.0 Å². The number of benzene rings is 3. The van der Waals surface area contributed by atoms with Gasteiger partial charge in [-0.1, -0.05) is 74.5 Å². The molecule has 208 valence electrons. The maximum Gasteiger partial charge on any atom is 0.407 e. The van der Waals surface area contributed by atoms with Gasteiger partial charge < -0.3 is 20.5 Å². The van der Waals surface area contributed by atoms with Gasteiger partial charge in [-0.3, -0.25) is 14.9 Å². The molecule has 3 aromatic rings. The van der Waals surface area contributed by atoms with Crippen molar-refractivity contribution in [2.24, 2.45) is 5.92 Å². The van der Waals surface area contributed by atoms with Crippen LogP contribution in [-0.4, -0.2) is 46.7 Å². The van der Waals surface area contributed by atoms with Crippen molar-refractivity contribution in [3.8, 4) is 11.1 Å². The third-order valence-electron chi connectivity index (χ3n) is 6.86. The van der Waals surface area contributed by atoms with Crippen LogP contribution in [0.4, 0.5) is 10.5 Å². The standard InChI is InChI=1S/C30H31N3O7/c1-18(2)15-26(28(34)31-27(29(35)36)16-19-11-13-20(14-12-19)33(38)39)32-30(37)40-17-25-23-9-5-3-7-21(23)22-8-4-6-10-24(22)25/h3-14,18,25-27H,15-17H2,1-2H3,(H,31,34)(H,32,37)(H,35,36)/t26-,27-/m0/s1. The quantitative estimate of drug-likeness (QED) is 0.234. The smallest absolute Gasteiger partial charge is 0.407 e. The van der Waals surface area contributed by atoms with E-state index in [1.54, 1.807) is 0 Å². The number of nitro benzene ring substituents is 1. The van der Waals surface area contributed by atoms with Crippen molar-refractivity contribution in [1.82, 2.24) is 10.6 Å². The maximum absolute atomic E-state index is 13.1. The van der Waals surface area contributed by atoms with Gasteiger partial charge in [-0.25, -0.2) is 9.59 Å². The van der Waals surface area contributed by atoms with Crippen LogP contribution in [0.25, 0.3) is 11.1 Å². The lowest BCUT2D eigenvalue weighted by molar-refractivity contribution is -0.384. The fourth-order valence-corrected chi connectivity index (χ4v) is 4.95. The molecule has 3 N–H and O–H groups in total. The average Bonchev–Trinajstić information content (AvgIpc) is 3.24. The Labute approximate surface area is 231 Å². The number of nitro groups is 1. The Morgan fingerprint density at radius 1 is 0.900 bits per heavy atom. The summed E-state index contributed by atoms with van der Waals surface area (Å²) in [6.07, 6.45) is -0.594. The van der Waals surface area contributed by atoms with Crippen molar-refractivity contribution < 1.29 is 29.2 Å². The topological polar surface area (TPSA) is 148 Å². The van der Waals surface area contributed by atoms with E-state index in [0.717, 1.165) is 22.3 Å². The summed E-state index contributed by atoms with van der Waals surface area (Å²) in [5, 5.41) is 25.7. The molecule has 2 atom stereocenters. The number of non-ortho nitro benzene ring substituents is 1. The monoisotopic (exact) mass is 545 g/mol. The number of aliphatic carboxylic acids is 1. The normalized spacial score (nSPS) is 13.6. The van der Waals surface area contributed by atoms with Crippen molar-refractivity contribution in [2.45, 2.75) is 44.7 Å². The predicted octanol–water partition coefficient (Wildman–Crippen LogP) is 4.66. The molecule has 0 bridgehead atoms. The molecule has 0 heterocycles. The van der Waals surface area contributed by atoms with E-state index in [2.05, 4.69) is 10.6 Å². The number of carboxylic acid groups (broad SMARTS) is 1. The first kappa shape index (κ1) is 28.3. The number of carboxylic acids is 1. The molecule has 40 heavy (non-hydrogen) atoms. The number of rotatable bonds is 11. The van der Waals surface area contributed by atoms with E-state index >= 15 is 0 Å². The minimum Gasteiger partial charge on any atom is -0.480 e. The number of alkyl carbamates (subject to hydrolysis) is 1. The van der Waals surface area contributed by atoms with E-state index in [1.807, 2.05) is 62.4 Å². The fraction of sp³-hybridized carbons (Fsp3) is 0.300. The summed E-state index contributed by atoms with van der Waals surface area (Å²) < 4.78 is 5.58. The minimum absolute atomic E-state index is 0.0163. The van der Waals surface area contributed by atoms with Gasteiger partial charge in [0.25, 0.3) is 5.69 Å². The van der Waals surface area contributed by atoms with Gasteiger partial charge in [0, 0.05) is 24.5 Å². The summed E-state index contributed by atoms with van der Waals surface area (Å²) in [6, 6.07) is 19.0. The number of fused-ring (bicyclic) bond motifs is 3. The van der Waals surface area contributed by atoms with Crippen LogP contribution >= 0.6 is 0 Å². The van der Waals surface area contributed by atoms with Crippen molar-refractivity contribution >= 4 is 23.7 Å². The molecule has 4 rings (SSSR count). The molecule has 1 aliphatic rings. The molecule has 0 aromatic heterocycles. The lowest BCUT2D eigenvalue weighted by Crippen LogP contribution is -2.52. The highest BCUT2D eigenvalue weighted by molar-refractivity contribution is 5.89. The van der Waals surface area contributed by atoms with Gasteiger partial charge in [-0.05, 0) is 40.2 Å². The summed E-state index contributed by atoms with van der Waals surface area (Å²) in [5.74, 6) is -2.05. The van der Waals surface area contributed by atoms with Gasteiger partial charge in [0.1, 0.15) is 18.7 Å². The van der Waals surface area contributed by atoms with E-state index in [4.69, 9.17) is 4.74 Å². The summed E-state index contributed by atoms with van der Waals surface area (Å²) in [4.78, 5) is 48.2. The number of hydrogen-bond acceptors (Lipinski definition) is 6. The highest BCUT2D eigenvalue weighted by Crippen LogP contribution is 2.44. The van der Waals surface area contributed by atoms with Crippen LogP contribution in [-0.2, 0) is 20.7 Å². The highest BCUT2D eigenvalue weighted by atomic mass is 16.6. The molecule has 2 amide bonds. The van der Waals surface area contributed by atoms with Gasteiger partial charge in [0.15, 0.2) is 0 Å². The van der Waals surface area contributed by atoms with Crippen LogP contribution < -0.4 is 10.6 Å². The maximum atomic E-state index is 13.1. The Morgan fingerprint density at radius 3 is 2.00 bits per heavy atom. The molecular weight excluding hydrogens is 514 g/mol. The fourth-order valence-electron chi connectivity index (χ4n) is 4.95. The number of carbonyl (C=O) groups is 3. The number of nitrogens with zero attached hydrogens (tertiary/aromatic N) is 1. The predicted molar refractivity (Wildman–Crippen MR) is 148 cm³/mol. The Balaban J connectivity index is 1.40. The first-order valence-electron chi connectivity index (χ1n) is 13.0. The third-order valence-corrected chi connectivity index (χ3v) is 6.86. The van der Waals surface area contributed by atoms with Crippen molar-refractivity contribution in [1.29, 1.82) is 0 Å². The van der Waals surface area contributed by atoms with Gasteiger partial charge in [0.2, 0.25) is 5.91 Å². The SMILES string of the molecule is CC(C)C[C@H](NC(=O)OCC1c2ccccc2-c2ccccc21)C(=O)N[C@@H](Cc1ccc([N+](=O)[O-])cc1)C(=O)O. The Morgan fingerprint density at radius 2 is 1.48 bits per heavy atom. The molecule has 0 radical (unpaired) electrons. The van der Waals surface area contributed by atoms with Crippen molar-refractivity contribution in [2.75, 3.05) is 6.61 Å². The molecule has 0 fully saturated rings. The second-order valence-electron chi connectivity index (χ2n) is 10.2. The Hall–Kier alpha value is -4.73. The summed E-state index contributed by atoms with van der Waals surface area (Å²) >= 11 is 0. The van der Waals surface area contributed by atoms with E-state index in [9.17, 15) is 29.6 Å². The zero-order valence-electron chi connectivity index (χ0n) is 22.2. The number of carbonyl (C=O) groups excluding carboxylic acids is 2. The molecule has 1 aliphatic carbocycles. The zero-order chi connectivity index (χ0) is 28.8. The first-order chi connectivity index (χ1) is 19.1. The molecular formula is C30H31N3O7. The van der Waals surface area contributed by atoms with E-state index < -0.39 is 35.0 Å². The average molecular weight is 546 g/mol. The Bertz CT molecular complexity index is 1360. The molecule has 10 heteroatoms. The number of ether oxygens (including phenoxy) is 1. The first-order valence-corrected chi connectivity index (χ1v) is 13.0. The lowest BCUT2D eigenvalue weighted by Gasteiger charge is -2.23. The molecule has 0 saturated carbocycles. The van der Waals surface area contributed by atoms with Crippen molar-refractivity contribution in [3.63, 3.8) is 0 Å². The van der Waals surface area contributed by atoms with Gasteiger partial charge >= 0.3 is 12.1 Å². The zero-order valence-corrected chi connectivity index (χ0v) is 22.2. The summed E-state index contributed by atoms with van der Waals surface area (Å²) in [5.41, 5.74) is 4.69. The lowest BCUT2D eigenvalue weighted by atomic mass is 9.98. The van der Waals surface area contributed by atoms with Gasteiger partial charge in [-0.15, -0.1) is 0 Å². The molecule has 0 unspecified atom stereocenters. The Kier molecular flexibility index (Phi) is 8.78. The second kappa shape index (κ2) is 12.4. The van der Waals surface area contributed by atoms with Crippen LogP contribution in [0.5, 0.6) is 0 Å². The minimum atomic E-state index is -1.30. The van der Waals surface area contributed by atoms with Crippen LogP contribution in [0.1, 0.15) is 42.9 Å².